The van der Waals surface area contributed by atoms with Crippen molar-refractivity contribution in [2.45, 2.75) is 6.42 Å². The molecule has 0 bridgehead atoms. The molecule has 0 heterocycles. The molecule has 0 spiro atoms. The molecular weight excluding hydrogens is 274 g/mol. The van der Waals surface area contributed by atoms with Crippen LogP contribution < -0.4 is 4.74 Å². The number of aromatic hydroxyl groups is 1. The molecule has 6 nitrogen and oxygen atoms in total. The molecule has 21 heavy (non-hydrogen) atoms. The Morgan fingerprint density at radius 1 is 1.24 bits per heavy atom. The van der Waals surface area contributed by atoms with Gasteiger partial charge in [0, 0.05) is 29.7 Å². The molecule has 0 unspecified atom stereocenters. The minimum Gasteiger partial charge on any atom is -0.508 e. The molecule has 0 radical (unpaired) electrons. The van der Waals surface area contributed by atoms with E-state index in [9.17, 15) is 20.0 Å². The number of carbonyl (C=O) groups is 1. The van der Waals surface area contributed by atoms with E-state index in [-0.39, 0.29) is 29.2 Å². The highest BCUT2D eigenvalue weighted by Gasteiger charge is 2.14. The summed E-state index contributed by atoms with van der Waals surface area (Å²) in [5.41, 5.74) is 0.511. The maximum absolute atomic E-state index is 12.1. The van der Waals surface area contributed by atoms with Gasteiger partial charge < -0.3 is 9.84 Å². The quantitative estimate of drug-likeness (QED) is 0.519. The molecule has 0 aliphatic carbocycles. The van der Waals surface area contributed by atoms with Crippen LogP contribution in [-0.4, -0.2) is 22.9 Å². The highest BCUT2D eigenvalue weighted by Crippen LogP contribution is 2.24. The van der Waals surface area contributed by atoms with Crippen LogP contribution in [0.4, 0.5) is 5.69 Å². The molecule has 2 aromatic rings. The number of phenolic OH excluding ortho intramolecular Hbond substituents is 1. The van der Waals surface area contributed by atoms with Crippen molar-refractivity contribution in [1.82, 2.24) is 0 Å². The predicted octanol–water partition coefficient (Wildman–Crippen LogP) is 2.73. The molecule has 108 valence electrons. The highest BCUT2D eigenvalue weighted by atomic mass is 16.6. The van der Waals surface area contributed by atoms with Crippen LogP contribution in [0.1, 0.15) is 15.9 Å². The third-order valence-electron chi connectivity index (χ3n) is 3.04. The van der Waals surface area contributed by atoms with Crippen molar-refractivity contribution in [2.24, 2.45) is 0 Å². The second-order valence-electron chi connectivity index (χ2n) is 4.40. The van der Waals surface area contributed by atoms with E-state index in [2.05, 4.69) is 0 Å². The first kappa shape index (κ1) is 14.5. The van der Waals surface area contributed by atoms with Gasteiger partial charge >= 0.3 is 0 Å². The Labute approximate surface area is 120 Å². The van der Waals surface area contributed by atoms with Gasteiger partial charge in [0.2, 0.25) is 0 Å². The highest BCUT2D eigenvalue weighted by molar-refractivity contribution is 5.98. The topological polar surface area (TPSA) is 89.7 Å². The molecule has 0 aromatic heterocycles. The maximum Gasteiger partial charge on any atom is 0.269 e. The predicted molar refractivity (Wildman–Crippen MR) is 75.8 cm³/mol. The molecule has 0 saturated carbocycles. The van der Waals surface area contributed by atoms with Gasteiger partial charge in [-0.15, -0.1) is 0 Å². The Balaban J connectivity index is 2.22. The molecule has 6 heteroatoms. The number of phenols is 1. The number of hydrogen-bond acceptors (Lipinski definition) is 5. The fraction of sp³-hybridized carbons (Fsp3) is 0.133. The van der Waals surface area contributed by atoms with Crippen LogP contribution in [0.2, 0.25) is 0 Å². The first-order chi connectivity index (χ1) is 10.0. The summed E-state index contributed by atoms with van der Waals surface area (Å²) >= 11 is 0. The number of nitro benzene ring substituents is 1. The van der Waals surface area contributed by atoms with Gasteiger partial charge in [-0.1, -0.05) is 0 Å². The van der Waals surface area contributed by atoms with Gasteiger partial charge in [-0.05, 0) is 30.3 Å². The summed E-state index contributed by atoms with van der Waals surface area (Å²) in [6.45, 7) is 0. The Bertz CT molecular complexity index is 679. The minimum atomic E-state index is -0.569. The van der Waals surface area contributed by atoms with Crippen LogP contribution in [0.15, 0.2) is 42.5 Å². The Hall–Kier alpha value is -2.89. The fourth-order valence-corrected chi connectivity index (χ4v) is 1.88. The van der Waals surface area contributed by atoms with Crippen molar-refractivity contribution < 1.29 is 19.6 Å². The number of ketones is 1. The smallest absolute Gasteiger partial charge is 0.269 e. The lowest BCUT2D eigenvalue weighted by atomic mass is 10.0. The van der Waals surface area contributed by atoms with Crippen LogP contribution in [-0.2, 0) is 6.42 Å². The molecule has 2 rings (SSSR count). The van der Waals surface area contributed by atoms with Crippen LogP contribution in [0.5, 0.6) is 11.5 Å². The largest absolute Gasteiger partial charge is 0.508 e. The SMILES string of the molecule is COc1ccc(C(=O)Cc2cc([N+](=O)[O-])ccc2O)cc1. The van der Waals surface area contributed by atoms with Crippen molar-refractivity contribution in [1.29, 1.82) is 0 Å². The van der Waals surface area contributed by atoms with Gasteiger partial charge in [-0.3, -0.25) is 14.9 Å². The van der Waals surface area contributed by atoms with Crippen LogP contribution >= 0.6 is 0 Å². The molecule has 0 atom stereocenters. The van der Waals surface area contributed by atoms with Crippen molar-refractivity contribution >= 4 is 11.5 Å². The number of nitro groups is 1. The molecule has 0 aliphatic heterocycles. The number of nitrogens with zero attached hydrogens (tertiary/aromatic N) is 1. The lowest BCUT2D eigenvalue weighted by Gasteiger charge is -2.05. The van der Waals surface area contributed by atoms with Crippen LogP contribution in [0.3, 0.4) is 0 Å². The number of non-ortho nitro benzene ring substituents is 1. The zero-order valence-corrected chi connectivity index (χ0v) is 11.3. The molecule has 1 N–H and O–H groups in total. The molecule has 0 amide bonds. The summed E-state index contributed by atoms with van der Waals surface area (Å²) in [6, 6.07) is 10.1. The van der Waals surface area contributed by atoms with Crippen LogP contribution in [0, 0.1) is 10.1 Å². The number of Topliss-reactive ketones (excluding diaryl/α,β-unsaturated/α-hetero) is 1. The molecule has 2 aromatic carbocycles. The van der Waals surface area contributed by atoms with Crippen molar-refractivity contribution in [3.8, 4) is 11.5 Å². The lowest BCUT2D eigenvalue weighted by Crippen LogP contribution is -2.04. The van der Waals surface area contributed by atoms with E-state index < -0.39 is 4.92 Å². The second-order valence-corrected chi connectivity index (χ2v) is 4.40. The van der Waals surface area contributed by atoms with E-state index in [4.69, 9.17) is 4.74 Å². The van der Waals surface area contributed by atoms with Crippen molar-refractivity contribution in [3.05, 3.63) is 63.7 Å². The number of carbonyl (C=O) groups excluding carboxylic acids is 1. The first-order valence-corrected chi connectivity index (χ1v) is 6.15. The Morgan fingerprint density at radius 3 is 2.48 bits per heavy atom. The fourth-order valence-electron chi connectivity index (χ4n) is 1.88. The Kier molecular flexibility index (Phi) is 4.18. The van der Waals surface area contributed by atoms with Gasteiger partial charge in [-0.2, -0.15) is 0 Å². The number of rotatable bonds is 5. The zero-order valence-electron chi connectivity index (χ0n) is 11.3. The Morgan fingerprint density at radius 2 is 1.90 bits per heavy atom. The van der Waals surface area contributed by atoms with Gasteiger partial charge in [0.1, 0.15) is 11.5 Å². The zero-order chi connectivity index (χ0) is 15.4. The standard InChI is InChI=1S/C15H13NO5/c1-21-13-5-2-10(3-6-13)15(18)9-11-8-12(16(19)20)4-7-14(11)17/h2-8,17H,9H2,1H3. The third kappa shape index (κ3) is 3.36. The monoisotopic (exact) mass is 287 g/mol. The second kappa shape index (κ2) is 6.04. The van der Waals surface area contributed by atoms with E-state index in [1.807, 2.05) is 0 Å². The summed E-state index contributed by atoms with van der Waals surface area (Å²) in [5, 5.41) is 20.4. The summed E-state index contributed by atoms with van der Waals surface area (Å²) in [6.07, 6.45) is -0.111. The van der Waals surface area contributed by atoms with E-state index in [0.29, 0.717) is 11.3 Å². The van der Waals surface area contributed by atoms with Gasteiger partial charge in [0.25, 0.3) is 5.69 Å². The maximum atomic E-state index is 12.1. The van der Waals surface area contributed by atoms with E-state index in [0.717, 1.165) is 0 Å². The summed E-state index contributed by atoms with van der Waals surface area (Å²) in [5.74, 6) is 0.251. The number of hydrogen-bond donors (Lipinski definition) is 1. The number of methoxy groups -OCH3 is 1. The van der Waals surface area contributed by atoms with Gasteiger partial charge in [-0.25, -0.2) is 0 Å². The average Bonchev–Trinajstić information content (AvgIpc) is 2.49. The average molecular weight is 287 g/mol. The van der Waals surface area contributed by atoms with Gasteiger partial charge in [0.05, 0.1) is 12.0 Å². The van der Waals surface area contributed by atoms with E-state index in [1.54, 1.807) is 24.3 Å². The summed E-state index contributed by atoms with van der Waals surface area (Å²) in [4.78, 5) is 22.3. The molecular formula is C15H13NO5. The van der Waals surface area contributed by atoms with E-state index in [1.165, 1.54) is 25.3 Å². The van der Waals surface area contributed by atoms with Crippen molar-refractivity contribution in [3.63, 3.8) is 0 Å². The van der Waals surface area contributed by atoms with E-state index >= 15 is 0 Å². The summed E-state index contributed by atoms with van der Waals surface area (Å²) < 4.78 is 5.00. The minimum absolute atomic E-state index is 0.111. The van der Waals surface area contributed by atoms with Crippen molar-refractivity contribution in [2.75, 3.05) is 7.11 Å². The van der Waals surface area contributed by atoms with Crippen LogP contribution in [0.25, 0.3) is 0 Å². The third-order valence-corrected chi connectivity index (χ3v) is 3.04. The molecule has 0 aliphatic rings. The molecule has 0 saturated heterocycles. The molecule has 0 fully saturated rings. The lowest BCUT2D eigenvalue weighted by molar-refractivity contribution is -0.384. The summed E-state index contributed by atoms with van der Waals surface area (Å²) in [7, 11) is 1.53. The van der Waals surface area contributed by atoms with Gasteiger partial charge in [0.15, 0.2) is 5.78 Å². The number of ether oxygens (including phenoxy) is 1. The number of benzene rings is 2. The first-order valence-electron chi connectivity index (χ1n) is 6.15. The normalized spacial score (nSPS) is 10.1.